The number of carbonyl (C=O) groups excluding carboxylic acids is 1. The maximum atomic E-state index is 13.3. The molecule has 1 saturated heterocycles. The SMILES string of the molecule is CCN(CC)C(C)CNC(=O)c1cc(-c2cnn3ccc(-c4ccccc4)nc23)nc(N2CC(OC)C2)c1. The molecular weight excluding hydrogens is 478 g/mol. The summed E-state index contributed by atoms with van der Waals surface area (Å²) in [5.74, 6) is 0.628. The van der Waals surface area contributed by atoms with Crippen LogP contribution in [-0.4, -0.2) is 82.4 Å². The first-order chi connectivity index (χ1) is 18.5. The molecule has 0 aliphatic carbocycles. The van der Waals surface area contributed by atoms with Crippen molar-refractivity contribution in [3.63, 3.8) is 0 Å². The third-order valence-electron chi connectivity index (χ3n) is 7.29. The van der Waals surface area contributed by atoms with Gasteiger partial charge in [-0.3, -0.25) is 9.69 Å². The van der Waals surface area contributed by atoms with Crippen LogP contribution in [0.4, 0.5) is 5.82 Å². The highest BCUT2D eigenvalue weighted by atomic mass is 16.5. The summed E-state index contributed by atoms with van der Waals surface area (Å²) >= 11 is 0. The second kappa shape index (κ2) is 11.3. The second-order valence-corrected chi connectivity index (χ2v) is 9.65. The molecule has 1 N–H and O–H groups in total. The summed E-state index contributed by atoms with van der Waals surface area (Å²) in [6.45, 7) is 10.3. The van der Waals surface area contributed by atoms with Gasteiger partial charge in [-0.2, -0.15) is 5.10 Å². The first-order valence-corrected chi connectivity index (χ1v) is 13.2. The Morgan fingerprint density at radius 1 is 1.11 bits per heavy atom. The zero-order chi connectivity index (χ0) is 26.6. The number of pyridine rings is 1. The Balaban J connectivity index is 1.49. The van der Waals surface area contributed by atoms with Crippen LogP contribution in [0.25, 0.3) is 28.2 Å². The molecule has 0 saturated carbocycles. The van der Waals surface area contributed by atoms with Crippen molar-refractivity contribution in [1.29, 1.82) is 0 Å². The molecule has 1 amide bonds. The average molecular weight is 514 g/mol. The van der Waals surface area contributed by atoms with Crippen LogP contribution in [0.2, 0.25) is 0 Å². The van der Waals surface area contributed by atoms with Gasteiger partial charge < -0.3 is 15.0 Å². The number of nitrogens with one attached hydrogen (secondary N) is 1. The van der Waals surface area contributed by atoms with Gasteiger partial charge in [0.25, 0.3) is 5.91 Å². The van der Waals surface area contributed by atoms with Crippen molar-refractivity contribution in [2.45, 2.75) is 32.9 Å². The monoisotopic (exact) mass is 513 g/mol. The normalized spacial score (nSPS) is 14.6. The van der Waals surface area contributed by atoms with Gasteiger partial charge in [0.05, 0.1) is 29.3 Å². The highest BCUT2D eigenvalue weighted by Gasteiger charge is 2.29. The molecule has 5 rings (SSSR count). The number of aromatic nitrogens is 4. The van der Waals surface area contributed by atoms with Gasteiger partial charge in [0.1, 0.15) is 5.82 Å². The van der Waals surface area contributed by atoms with Crippen LogP contribution >= 0.6 is 0 Å². The third kappa shape index (κ3) is 5.25. The number of ether oxygens (including phenoxy) is 1. The number of hydrogen-bond acceptors (Lipinski definition) is 7. The molecule has 9 heteroatoms. The first-order valence-electron chi connectivity index (χ1n) is 13.2. The van der Waals surface area contributed by atoms with Gasteiger partial charge in [-0.05, 0) is 38.2 Å². The van der Waals surface area contributed by atoms with Crippen molar-refractivity contribution in [2.24, 2.45) is 0 Å². The van der Waals surface area contributed by atoms with Crippen LogP contribution < -0.4 is 10.2 Å². The molecule has 1 unspecified atom stereocenters. The number of carbonyl (C=O) groups is 1. The van der Waals surface area contributed by atoms with Gasteiger partial charge in [-0.1, -0.05) is 44.2 Å². The summed E-state index contributed by atoms with van der Waals surface area (Å²) < 4.78 is 7.21. The largest absolute Gasteiger partial charge is 0.378 e. The molecule has 4 heterocycles. The van der Waals surface area contributed by atoms with Crippen LogP contribution in [0.3, 0.4) is 0 Å². The van der Waals surface area contributed by atoms with Crippen LogP contribution in [0, 0.1) is 0 Å². The van der Waals surface area contributed by atoms with E-state index in [1.807, 2.05) is 54.7 Å². The van der Waals surface area contributed by atoms with E-state index in [2.05, 4.69) is 41.0 Å². The van der Waals surface area contributed by atoms with E-state index in [0.29, 0.717) is 23.4 Å². The van der Waals surface area contributed by atoms with Gasteiger partial charge in [0, 0.05) is 50.1 Å². The molecule has 198 valence electrons. The summed E-state index contributed by atoms with van der Waals surface area (Å²) in [7, 11) is 1.72. The fourth-order valence-corrected chi connectivity index (χ4v) is 4.86. The summed E-state index contributed by atoms with van der Waals surface area (Å²) in [6, 6.07) is 15.9. The fraction of sp³-hybridized carbons (Fsp3) is 0.379. The van der Waals surface area contributed by atoms with Gasteiger partial charge in [-0.15, -0.1) is 0 Å². The smallest absolute Gasteiger partial charge is 0.251 e. The number of rotatable bonds is 10. The number of fused-ring (bicyclic) bond motifs is 1. The summed E-state index contributed by atoms with van der Waals surface area (Å²) in [6.07, 6.45) is 3.83. The molecule has 1 aliphatic heterocycles. The quantitative estimate of drug-likeness (QED) is 0.346. The highest BCUT2D eigenvalue weighted by Crippen LogP contribution is 2.29. The predicted molar refractivity (Wildman–Crippen MR) is 149 cm³/mol. The number of methoxy groups -OCH3 is 1. The summed E-state index contributed by atoms with van der Waals surface area (Å²) in [4.78, 5) is 27.6. The zero-order valence-electron chi connectivity index (χ0n) is 22.5. The van der Waals surface area contributed by atoms with Gasteiger partial charge in [0.2, 0.25) is 0 Å². The highest BCUT2D eigenvalue weighted by molar-refractivity contribution is 5.96. The molecule has 3 aromatic heterocycles. The Hall–Kier alpha value is -3.82. The Morgan fingerprint density at radius 2 is 1.87 bits per heavy atom. The molecule has 1 aliphatic rings. The minimum absolute atomic E-state index is 0.118. The molecule has 1 aromatic carbocycles. The predicted octanol–water partition coefficient (Wildman–Crippen LogP) is 3.75. The van der Waals surface area contributed by atoms with Crippen molar-refractivity contribution >= 4 is 17.4 Å². The lowest BCUT2D eigenvalue weighted by Gasteiger charge is -2.39. The third-order valence-corrected chi connectivity index (χ3v) is 7.29. The molecule has 0 spiro atoms. The number of hydrogen-bond donors (Lipinski definition) is 1. The average Bonchev–Trinajstić information content (AvgIpc) is 3.35. The molecule has 1 atom stereocenters. The number of nitrogens with zero attached hydrogens (tertiary/aromatic N) is 6. The van der Waals surface area contributed by atoms with E-state index in [-0.39, 0.29) is 18.1 Å². The van der Waals surface area contributed by atoms with Gasteiger partial charge in [0.15, 0.2) is 5.65 Å². The van der Waals surface area contributed by atoms with Crippen molar-refractivity contribution in [2.75, 3.05) is 44.7 Å². The van der Waals surface area contributed by atoms with Gasteiger partial charge in [-0.25, -0.2) is 14.5 Å². The van der Waals surface area contributed by atoms with Crippen LogP contribution in [0.1, 0.15) is 31.1 Å². The standard InChI is InChI=1S/C29H35N7O2/c1-5-34(6-2)20(3)16-30-29(37)22-14-26(32-27(15-22)35-18-23(19-35)38-4)24-17-31-36-13-12-25(33-28(24)36)21-10-8-7-9-11-21/h7-15,17,20,23H,5-6,16,18-19H2,1-4H3,(H,30,37). The Labute approximate surface area is 223 Å². The maximum Gasteiger partial charge on any atom is 0.251 e. The lowest BCUT2D eigenvalue weighted by atomic mass is 10.1. The van der Waals surface area contributed by atoms with E-state index < -0.39 is 0 Å². The van der Waals surface area contributed by atoms with Crippen molar-refractivity contribution in [1.82, 2.24) is 29.8 Å². The number of amides is 1. The molecule has 1 fully saturated rings. The van der Waals surface area contributed by atoms with E-state index in [1.54, 1.807) is 17.8 Å². The molecule has 4 aromatic rings. The van der Waals surface area contributed by atoms with Crippen molar-refractivity contribution in [3.8, 4) is 22.5 Å². The van der Waals surface area contributed by atoms with Crippen LogP contribution in [0.5, 0.6) is 0 Å². The van der Waals surface area contributed by atoms with Crippen LogP contribution in [-0.2, 0) is 4.74 Å². The zero-order valence-corrected chi connectivity index (χ0v) is 22.5. The minimum Gasteiger partial charge on any atom is -0.378 e. The Kier molecular flexibility index (Phi) is 7.67. The fourth-order valence-electron chi connectivity index (χ4n) is 4.86. The van der Waals surface area contributed by atoms with E-state index in [4.69, 9.17) is 14.7 Å². The summed E-state index contributed by atoms with van der Waals surface area (Å²) in [5, 5.41) is 7.63. The second-order valence-electron chi connectivity index (χ2n) is 9.65. The van der Waals surface area contributed by atoms with E-state index >= 15 is 0 Å². The van der Waals surface area contributed by atoms with Crippen LogP contribution in [0.15, 0.2) is 60.9 Å². The number of anilines is 1. The molecule has 9 nitrogen and oxygen atoms in total. The number of likely N-dealkylation sites (N-methyl/N-ethyl adjacent to an activating group) is 1. The lowest BCUT2D eigenvalue weighted by Crippen LogP contribution is -2.52. The molecular formula is C29H35N7O2. The van der Waals surface area contributed by atoms with E-state index in [0.717, 1.165) is 48.8 Å². The van der Waals surface area contributed by atoms with Crippen molar-refractivity contribution in [3.05, 3.63) is 66.5 Å². The van der Waals surface area contributed by atoms with E-state index in [1.165, 1.54) is 0 Å². The van der Waals surface area contributed by atoms with Crippen molar-refractivity contribution < 1.29 is 9.53 Å². The topological polar surface area (TPSA) is 87.9 Å². The lowest BCUT2D eigenvalue weighted by molar-refractivity contribution is 0.0783. The molecule has 38 heavy (non-hydrogen) atoms. The maximum absolute atomic E-state index is 13.3. The number of benzene rings is 1. The van der Waals surface area contributed by atoms with Gasteiger partial charge >= 0.3 is 0 Å². The molecule has 0 bridgehead atoms. The minimum atomic E-state index is -0.118. The Morgan fingerprint density at radius 3 is 2.58 bits per heavy atom. The summed E-state index contributed by atoms with van der Waals surface area (Å²) in [5.41, 5.74) is 4.58. The first kappa shape index (κ1) is 25.8. The Bertz CT molecular complexity index is 1390. The molecule has 0 radical (unpaired) electrons. The van der Waals surface area contributed by atoms with E-state index in [9.17, 15) is 4.79 Å².